The molecule has 0 bridgehead atoms. The van der Waals surface area contributed by atoms with Crippen LogP contribution in [-0.4, -0.2) is 67.7 Å². The van der Waals surface area contributed by atoms with Gasteiger partial charge in [0.2, 0.25) is 5.91 Å². The molecule has 0 N–H and O–H groups in total. The van der Waals surface area contributed by atoms with E-state index in [4.69, 9.17) is 9.47 Å². The van der Waals surface area contributed by atoms with Crippen LogP contribution in [0.3, 0.4) is 0 Å². The Morgan fingerprint density at radius 3 is 2.72 bits per heavy atom. The van der Waals surface area contributed by atoms with Gasteiger partial charge in [0.25, 0.3) is 0 Å². The molecule has 5 nitrogen and oxygen atoms in total. The second-order valence-electron chi connectivity index (χ2n) is 6.88. The fourth-order valence-electron chi connectivity index (χ4n) is 3.53. The first-order chi connectivity index (χ1) is 12.1. The molecule has 0 aliphatic carbocycles. The third kappa shape index (κ3) is 4.92. The summed E-state index contributed by atoms with van der Waals surface area (Å²) in [5, 5.41) is 0. The van der Waals surface area contributed by atoms with E-state index in [0.717, 1.165) is 39.0 Å². The minimum absolute atomic E-state index is 0.0966. The van der Waals surface area contributed by atoms with Gasteiger partial charge in [0, 0.05) is 32.1 Å². The third-order valence-corrected chi connectivity index (χ3v) is 5.08. The summed E-state index contributed by atoms with van der Waals surface area (Å²) >= 11 is 0. The number of ether oxygens (including phenoxy) is 2. The second kappa shape index (κ2) is 8.63. The third-order valence-electron chi connectivity index (χ3n) is 5.08. The van der Waals surface area contributed by atoms with Crippen molar-refractivity contribution in [3.05, 3.63) is 30.1 Å². The summed E-state index contributed by atoms with van der Waals surface area (Å²) in [7, 11) is 0. The Bertz CT molecular complexity index is 560. The van der Waals surface area contributed by atoms with Gasteiger partial charge in [-0.2, -0.15) is 0 Å². The van der Waals surface area contributed by atoms with Crippen LogP contribution in [0.4, 0.5) is 4.39 Å². The molecule has 1 aromatic rings. The number of piperidine rings is 1. The Morgan fingerprint density at radius 1 is 1.28 bits per heavy atom. The average Bonchev–Trinajstić information content (AvgIpc) is 2.67. The molecular formula is C19H27FN2O3. The van der Waals surface area contributed by atoms with Gasteiger partial charge in [0.1, 0.15) is 11.6 Å². The first kappa shape index (κ1) is 18.1. The van der Waals surface area contributed by atoms with E-state index in [0.29, 0.717) is 31.5 Å². The van der Waals surface area contributed by atoms with Crippen LogP contribution in [-0.2, 0) is 9.53 Å². The van der Waals surface area contributed by atoms with Crippen molar-refractivity contribution in [2.24, 2.45) is 5.92 Å². The molecule has 2 saturated heterocycles. The van der Waals surface area contributed by atoms with E-state index in [1.807, 2.05) is 11.8 Å². The van der Waals surface area contributed by atoms with E-state index >= 15 is 0 Å². The monoisotopic (exact) mass is 350 g/mol. The number of carbonyl (C=O) groups excluding carboxylic acids is 1. The van der Waals surface area contributed by atoms with Crippen LogP contribution in [0, 0.1) is 11.7 Å². The summed E-state index contributed by atoms with van der Waals surface area (Å²) in [5.41, 5.74) is 0. The van der Waals surface area contributed by atoms with E-state index in [9.17, 15) is 9.18 Å². The second-order valence-corrected chi connectivity index (χ2v) is 6.88. The van der Waals surface area contributed by atoms with E-state index in [1.165, 1.54) is 12.1 Å². The minimum Gasteiger partial charge on any atom is -0.493 e. The van der Waals surface area contributed by atoms with Crippen LogP contribution in [0.1, 0.15) is 19.8 Å². The molecule has 0 spiro atoms. The standard InChI is InChI=1S/C19H27FN2O3/c1-15(21-9-11-24-12-10-21)19(23)22-8-2-3-16(13-22)14-25-18-6-4-17(20)5-7-18/h4-7,15-16H,2-3,8-14H2,1H3/t15-,16-/m0/s1. The molecule has 25 heavy (non-hydrogen) atoms. The Morgan fingerprint density at radius 2 is 2.00 bits per heavy atom. The van der Waals surface area contributed by atoms with Crippen LogP contribution in [0.2, 0.25) is 0 Å². The molecule has 6 heteroatoms. The number of carbonyl (C=O) groups is 1. The number of hydrogen-bond acceptors (Lipinski definition) is 4. The number of rotatable bonds is 5. The largest absolute Gasteiger partial charge is 0.493 e. The molecule has 138 valence electrons. The zero-order valence-electron chi connectivity index (χ0n) is 14.8. The van der Waals surface area contributed by atoms with Crippen molar-refractivity contribution in [3.8, 4) is 5.75 Å². The average molecular weight is 350 g/mol. The maximum absolute atomic E-state index is 12.9. The fourth-order valence-corrected chi connectivity index (χ4v) is 3.53. The van der Waals surface area contributed by atoms with Crippen LogP contribution in [0.5, 0.6) is 5.75 Å². The van der Waals surface area contributed by atoms with Gasteiger partial charge in [-0.05, 0) is 44.0 Å². The van der Waals surface area contributed by atoms with E-state index < -0.39 is 0 Å². The lowest BCUT2D eigenvalue weighted by atomic mass is 9.98. The van der Waals surface area contributed by atoms with Crippen LogP contribution in [0.15, 0.2) is 24.3 Å². The Labute approximate surface area is 148 Å². The molecule has 3 rings (SSSR count). The molecule has 2 fully saturated rings. The van der Waals surface area contributed by atoms with Crippen LogP contribution < -0.4 is 4.74 Å². The molecule has 0 radical (unpaired) electrons. The highest BCUT2D eigenvalue weighted by atomic mass is 19.1. The van der Waals surface area contributed by atoms with Gasteiger partial charge in [-0.1, -0.05) is 0 Å². The van der Waals surface area contributed by atoms with Crippen molar-refractivity contribution in [1.29, 1.82) is 0 Å². The quantitative estimate of drug-likeness (QED) is 0.816. The zero-order valence-corrected chi connectivity index (χ0v) is 14.8. The highest BCUT2D eigenvalue weighted by molar-refractivity contribution is 5.81. The molecule has 0 unspecified atom stereocenters. The Hall–Kier alpha value is -1.66. The number of halogens is 1. The first-order valence-electron chi connectivity index (χ1n) is 9.12. The van der Waals surface area contributed by atoms with E-state index in [2.05, 4.69) is 4.90 Å². The summed E-state index contributed by atoms with van der Waals surface area (Å²) in [5.74, 6) is 0.929. The number of morpholine rings is 1. The van der Waals surface area contributed by atoms with Crippen molar-refractivity contribution >= 4 is 5.91 Å². The molecule has 2 heterocycles. The molecule has 1 amide bonds. The lowest BCUT2D eigenvalue weighted by Gasteiger charge is -2.38. The molecule has 2 atom stereocenters. The summed E-state index contributed by atoms with van der Waals surface area (Å²) in [6.45, 7) is 7.14. The van der Waals surface area contributed by atoms with E-state index in [1.54, 1.807) is 12.1 Å². The van der Waals surface area contributed by atoms with Crippen molar-refractivity contribution in [2.45, 2.75) is 25.8 Å². The van der Waals surface area contributed by atoms with Gasteiger partial charge in [-0.25, -0.2) is 4.39 Å². The smallest absolute Gasteiger partial charge is 0.239 e. The first-order valence-corrected chi connectivity index (χ1v) is 9.12. The van der Waals surface area contributed by atoms with Gasteiger partial charge >= 0.3 is 0 Å². The lowest BCUT2D eigenvalue weighted by Crippen LogP contribution is -2.53. The molecule has 0 saturated carbocycles. The predicted molar refractivity (Wildman–Crippen MR) is 93.1 cm³/mol. The summed E-state index contributed by atoms with van der Waals surface area (Å²) in [4.78, 5) is 17.0. The molecule has 2 aliphatic rings. The molecular weight excluding hydrogens is 323 g/mol. The number of nitrogens with zero attached hydrogens (tertiary/aromatic N) is 2. The highest BCUT2D eigenvalue weighted by Gasteiger charge is 2.30. The Balaban J connectivity index is 1.49. The van der Waals surface area contributed by atoms with Gasteiger partial charge in [0.05, 0.1) is 25.9 Å². The van der Waals surface area contributed by atoms with Gasteiger partial charge in [-0.15, -0.1) is 0 Å². The van der Waals surface area contributed by atoms with Gasteiger partial charge < -0.3 is 14.4 Å². The van der Waals surface area contributed by atoms with Crippen molar-refractivity contribution in [1.82, 2.24) is 9.80 Å². The zero-order chi connectivity index (χ0) is 17.6. The summed E-state index contributed by atoms with van der Waals surface area (Å²) in [6.07, 6.45) is 2.05. The van der Waals surface area contributed by atoms with Gasteiger partial charge in [0.15, 0.2) is 0 Å². The molecule has 0 aromatic heterocycles. The van der Waals surface area contributed by atoms with Crippen molar-refractivity contribution in [2.75, 3.05) is 46.0 Å². The maximum atomic E-state index is 12.9. The number of likely N-dealkylation sites (tertiary alicyclic amines) is 1. The fraction of sp³-hybridized carbons (Fsp3) is 0.632. The van der Waals surface area contributed by atoms with Crippen LogP contribution >= 0.6 is 0 Å². The van der Waals surface area contributed by atoms with Crippen molar-refractivity contribution in [3.63, 3.8) is 0 Å². The topological polar surface area (TPSA) is 42.0 Å². The number of benzene rings is 1. The normalized spacial score (nSPS) is 23.3. The van der Waals surface area contributed by atoms with Crippen molar-refractivity contribution < 1.29 is 18.7 Å². The Kier molecular flexibility index (Phi) is 6.26. The highest BCUT2D eigenvalue weighted by Crippen LogP contribution is 2.20. The van der Waals surface area contributed by atoms with E-state index in [-0.39, 0.29) is 17.8 Å². The number of hydrogen-bond donors (Lipinski definition) is 0. The van der Waals surface area contributed by atoms with Crippen LogP contribution in [0.25, 0.3) is 0 Å². The lowest BCUT2D eigenvalue weighted by molar-refractivity contribution is -0.140. The summed E-state index contributed by atoms with van der Waals surface area (Å²) in [6, 6.07) is 5.98. The number of amides is 1. The maximum Gasteiger partial charge on any atom is 0.239 e. The predicted octanol–water partition coefficient (Wildman–Crippen LogP) is 2.16. The molecule has 1 aromatic carbocycles. The van der Waals surface area contributed by atoms with Gasteiger partial charge in [-0.3, -0.25) is 9.69 Å². The summed E-state index contributed by atoms with van der Waals surface area (Å²) < 4.78 is 24.1. The molecule has 2 aliphatic heterocycles. The minimum atomic E-state index is -0.265. The SMILES string of the molecule is C[C@@H](C(=O)N1CCC[C@H](COc2ccc(F)cc2)C1)N1CCOCC1.